The molecule has 1 aliphatic carbocycles. The number of rotatable bonds is 4. The van der Waals surface area contributed by atoms with Crippen LogP contribution < -0.4 is 21.6 Å². The number of halogens is 2. The summed E-state index contributed by atoms with van der Waals surface area (Å²) in [6.45, 7) is 0. The minimum Gasteiger partial charge on any atom is -0.491 e. The van der Waals surface area contributed by atoms with E-state index in [9.17, 15) is 18.4 Å². The molecule has 1 amide bonds. The first-order chi connectivity index (χ1) is 10.9. The number of carbonyl (C=O) groups is 1. The van der Waals surface area contributed by atoms with Gasteiger partial charge in [-0.1, -0.05) is 0 Å². The fourth-order valence-corrected chi connectivity index (χ4v) is 2.74. The van der Waals surface area contributed by atoms with Crippen molar-refractivity contribution in [1.29, 1.82) is 0 Å². The number of nitrogens with zero attached hydrogens (tertiary/aromatic N) is 1. The molecule has 23 heavy (non-hydrogen) atoms. The molecular weight excluding hydrogens is 308 g/mol. The number of hydrogen-bond donors (Lipinski definition) is 2. The number of fused-ring (bicyclic) bond motifs is 1. The number of aromatic nitrogens is 1. The van der Waals surface area contributed by atoms with Crippen molar-refractivity contribution < 1.29 is 18.3 Å². The van der Waals surface area contributed by atoms with Gasteiger partial charge in [0.2, 0.25) is 11.7 Å². The summed E-state index contributed by atoms with van der Waals surface area (Å²) >= 11 is 0. The van der Waals surface area contributed by atoms with E-state index >= 15 is 0 Å². The van der Waals surface area contributed by atoms with Gasteiger partial charge >= 0.3 is 0 Å². The molecule has 0 spiro atoms. The Bertz CT molecular complexity index is 888. The van der Waals surface area contributed by atoms with Crippen LogP contribution in [0.5, 0.6) is 5.75 Å². The number of carbonyl (C=O) groups excluding carboxylic acids is 1. The summed E-state index contributed by atoms with van der Waals surface area (Å²) in [5.74, 6) is -3.66. The Balaban J connectivity index is 2.49. The van der Waals surface area contributed by atoms with Crippen LogP contribution >= 0.6 is 0 Å². The SMILES string of the molecule is COc1c(F)c(F)c(N)c2c(=O)c(CC(N)=O)cn(C3CC3)c12. The number of hydrogen-bond acceptors (Lipinski definition) is 4. The van der Waals surface area contributed by atoms with Crippen molar-refractivity contribution >= 4 is 22.5 Å². The molecule has 0 saturated heterocycles. The number of pyridine rings is 1. The van der Waals surface area contributed by atoms with Crippen molar-refractivity contribution in [2.24, 2.45) is 5.73 Å². The molecule has 6 nitrogen and oxygen atoms in total. The van der Waals surface area contributed by atoms with E-state index in [1.165, 1.54) is 13.3 Å². The van der Waals surface area contributed by atoms with E-state index in [0.717, 1.165) is 12.8 Å². The molecule has 0 aliphatic heterocycles. The van der Waals surface area contributed by atoms with Gasteiger partial charge in [0.25, 0.3) is 0 Å². The molecule has 122 valence electrons. The Labute approximate surface area is 129 Å². The number of nitrogen functional groups attached to an aromatic ring is 1. The van der Waals surface area contributed by atoms with Crippen molar-refractivity contribution in [3.05, 3.63) is 33.6 Å². The molecule has 2 aromatic rings. The lowest BCUT2D eigenvalue weighted by atomic mass is 10.1. The molecule has 1 fully saturated rings. The molecule has 0 atom stereocenters. The van der Waals surface area contributed by atoms with Crippen molar-refractivity contribution in [2.75, 3.05) is 12.8 Å². The first-order valence-electron chi connectivity index (χ1n) is 7.03. The first-order valence-corrected chi connectivity index (χ1v) is 7.03. The third-order valence-electron chi connectivity index (χ3n) is 3.93. The van der Waals surface area contributed by atoms with Crippen LogP contribution in [0.25, 0.3) is 10.9 Å². The molecule has 8 heteroatoms. The van der Waals surface area contributed by atoms with Gasteiger partial charge in [-0.3, -0.25) is 9.59 Å². The number of anilines is 1. The Morgan fingerprint density at radius 3 is 2.57 bits per heavy atom. The molecule has 3 rings (SSSR count). The van der Waals surface area contributed by atoms with E-state index in [2.05, 4.69) is 0 Å². The van der Waals surface area contributed by atoms with E-state index < -0.39 is 28.7 Å². The summed E-state index contributed by atoms with van der Waals surface area (Å²) in [6.07, 6.45) is 2.78. The molecule has 0 unspecified atom stereocenters. The fraction of sp³-hybridized carbons (Fsp3) is 0.333. The molecule has 1 heterocycles. The molecule has 1 aliphatic rings. The van der Waals surface area contributed by atoms with Gasteiger partial charge < -0.3 is 20.8 Å². The van der Waals surface area contributed by atoms with E-state index in [-0.39, 0.29) is 34.7 Å². The lowest BCUT2D eigenvalue weighted by Crippen LogP contribution is -2.23. The second-order valence-electron chi connectivity index (χ2n) is 5.56. The van der Waals surface area contributed by atoms with Crippen LogP contribution in [-0.2, 0) is 11.2 Å². The first kappa shape index (κ1) is 15.3. The van der Waals surface area contributed by atoms with E-state index in [1.54, 1.807) is 4.57 Å². The highest BCUT2D eigenvalue weighted by Gasteiger charge is 2.31. The third kappa shape index (κ3) is 2.30. The van der Waals surface area contributed by atoms with Crippen LogP contribution in [0.4, 0.5) is 14.5 Å². The predicted molar refractivity (Wildman–Crippen MR) is 80.3 cm³/mol. The van der Waals surface area contributed by atoms with Gasteiger partial charge in [-0.05, 0) is 12.8 Å². The molecule has 1 aromatic heterocycles. The third-order valence-corrected chi connectivity index (χ3v) is 3.93. The predicted octanol–water partition coefficient (Wildman–Crippen LogP) is 1.23. The summed E-state index contributed by atoms with van der Waals surface area (Å²) < 4.78 is 34.7. The zero-order valence-electron chi connectivity index (χ0n) is 12.4. The molecule has 1 aromatic carbocycles. The standard InChI is InChI=1S/C15H15F2N3O3/c1-23-15-11(17)10(16)12(19)9-13(15)20(7-2-3-7)5-6(14(9)22)4-8(18)21/h5,7H,2-4,19H2,1H3,(H2,18,21). The molecular formula is C15H15F2N3O3. The van der Waals surface area contributed by atoms with Crippen LogP contribution in [-0.4, -0.2) is 17.6 Å². The van der Waals surface area contributed by atoms with E-state index in [4.69, 9.17) is 16.2 Å². The van der Waals surface area contributed by atoms with Crippen LogP contribution in [0, 0.1) is 11.6 Å². The molecule has 4 N–H and O–H groups in total. The topological polar surface area (TPSA) is 100 Å². The number of ether oxygens (including phenoxy) is 1. The van der Waals surface area contributed by atoms with Gasteiger partial charge in [0.15, 0.2) is 17.0 Å². The zero-order chi connectivity index (χ0) is 16.9. The van der Waals surface area contributed by atoms with Gasteiger partial charge in [-0.2, -0.15) is 4.39 Å². The summed E-state index contributed by atoms with van der Waals surface area (Å²) in [5.41, 5.74) is 9.74. The maximum atomic E-state index is 14.1. The number of amides is 1. The summed E-state index contributed by atoms with van der Waals surface area (Å²) in [4.78, 5) is 23.7. The Morgan fingerprint density at radius 2 is 2.04 bits per heavy atom. The quantitative estimate of drug-likeness (QED) is 0.827. The minimum absolute atomic E-state index is 0.0166. The Morgan fingerprint density at radius 1 is 1.39 bits per heavy atom. The average molecular weight is 323 g/mol. The lowest BCUT2D eigenvalue weighted by Gasteiger charge is -2.17. The van der Waals surface area contributed by atoms with Gasteiger partial charge in [-0.25, -0.2) is 4.39 Å². The maximum absolute atomic E-state index is 14.1. The second kappa shape index (κ2) is 5.22. The average Bonchev–Trinajstić information content (AvgIpc) is 3.32. The second-order valence-corrected chi connectivity index (χ2v) is 5.56. The number of primary amides is 1. The van der Waals surface area contributed by atoms with E-state index in [1.807, 2.05) is 0 Å². The van der Waals surface area contributed by atoms with Crippen molar-refractivity contribution in [2.45, 2.75) is 25.3 Å². The minimum atomic E-state index is -1.34. The van der Waals surface area contributed by atoms with Crippen LogP contribution in [0.15, 0.2) is 11.0 Å². The summed E-state index contributed by atoms with van der Waals surface area (Å²) in [6, 6.07) is 0.0166. The van der Waals surface area contributed by atoms with Gasteiger partial charge in [0, 0.05) is 17.8 Å². The van der Waals surface area contributed by atoms with Crippen LogP contribution in [0.2, 0.25) is 0 Å². The Hall–Kier alpha value is -2.64. The summed E-state index contributed by atoms with van der Waals surface area (Å²) in [7, 11) is 1.19. The maximum Gasteiger partial charge on any atom is 0.222 e. The highest BCUT2D eigenvalue weighted by Crippen LogP contribution is 2.42. The monoisotopic (exact) mass is 323 g/mol. The zero-order valence-corrected chi connectivity index (χ0v) is 12.4. The molecule has 1 saturated carbocycles. The number of methoxy groups -OCH3 is 1. The fourth-order valence-electron chi connectivity index (χ4n) is 2.74. The van der Waals surface area contributed by atoms with Crippen molar-refractivity contribution in [3.8, 4) is 5.75 Å². The van der Waals surface area contributed by atoms with Crippen molar-refractivity contribution in [3.63, 3.8) is 0 Å². The van der Waals surface area contributed by atoms with Gasteiger partial charge in [-0.15, -0.1) is 0 Å². The van der Waals surface area contributed by atoms with Crippen LogP contribution in [0.3, 0.4) is 0 Å². The highest BCUT2D eigenvalue weighted by molar-refractivity contribution is 5.96. The lowest BCUT2D eigenvalue weighted by molar-refractivity contribution is -0.117. The number of nitrogens with two attached hydrogens (primary N) is 2. The largest absolute Gasteiger partial charge is 0.491 e. The molecule has 0 bridgehead atoms. The highest BCUT2D eigenvalue weighted by atomic mass is 19.2. The Kier molecular flexibility index (Phi) is 3.46. The van der Waals surface area contributed by atoms with Crippen LogP contribution in [0.1, 0.15) is 24.4 Å². The van der Waals surface area contributed by atoms with Gasteiger partial charge in [0.05, 0.1) is 24.6 Å². The normalized spacial score (nSPS) is 14.2. The summed E-state index contributed by atoms with van der Waals surface area (Å²) in [5, 5.41) is -0.189. The van der Waals surface area contributed by atoms with E-state index in [0.29, 0.717) is 0 Å². The van der Waals surface area contributed by atoms with Gasteiger partial charge in [0.1, 0.15) is 5.52 Å². The smallest absolute Gasteiger partial charge is 0.222 e. The molecule has 0 radical (unpaired) electrons. The van der Waals surface area contributed by atoms with Crippen molar-refractivity contribution in [1.82, 2.24) is 4.57 Å². The number of benzene rings is 1.